The molecule has 0 radical (unpaired) electrons. The Balaban J connectivity index is 1.93. The van der Waals surface area contributed by atoms with Crippen LogP contribution in [-0.2, 0) is 9.53 Å². The predicted octanol–water partition coefficient (Wildman–Crippen LogP) is 3.89. The standard InChI is InChI=1S/C17H15ClFNO3/c1-10-3-4-12(7-11(10)2)17(22)23-9-16(21)20-15-6-5-13(19)8-14(15)18/h3-8H,9H2,1-2H3,(H,20,21). The minimum Gasteiger partial charge on any atom is -0.452 e. The zero-order valence-electron chi connectivity index (χ0n) is 12.7. The van der Waals surface area contributed by atoms with Gasteiger partial charge in [-0.1, -0.05) is 17.7 Å². The van der Waals surface area contributed by atoms with E-state index in [1.807, 2.05) is 19.9 Å². The largest absolute Gasteiger partial charge is 0.452 e. The minimum atomic E-state index is -0.589. The van der Waals surface area contributed by atoms with E-state index in [1.165, 1.54) is 12.1 Å². The summed E-state index contributed by atoms with van der Waals surface area (Å²) in [5.41, 5.74) is 2.65. The summed E-state index contributed by atoms with van der Waals surface area (Å²) >= 11 is 5.80. The van der Waals surface area contributed by atoms with Crippen LogP contribution in [-0.4, -0.2) is 18.5 Å². The average molecular weight is 336 g/mol. The molecule has 1 N–H and O–H groups in total. The molecule has 0 unspecified atom stereocenters. The molecule has 4 nitrogen and oxygen atoms in total. The molecule has 0 aliphatic rings. The summed E-state index contributed by atoms with van der Waals surface area (Å²) in [5, 5.41) is 2.52. The number of carbonyl (C=O) groups is 2. The minimum absolute atomic E-state index is 0.0684. The monoisotopic (exact) mass is 335 g/mol. The summed E-state index contributed by atoms with van der Waals surface area (Å²) < 4.78 is 17.9. The number of halogens is 2. The van der Waals surface area contributed by atoms with Crippen molar-refractivity contribution in [1.29, 1.82) is 0 Å². The second-order valence-electron chi connectivity index (χ2n) is 5.05. The molecule has 0 heterocycles. The number of amides is 1. The highest BCUT2D eigenvalue weighted by atomic mass is 35.5. The van der Waals surface area contributed by atoms with Crippen molar-refractivity contribution in [3.8, 4) is 0 Å². The van der Waals surface area contributed by atoms with Crippen LogP contribution in [0.3, 0.4) is 0 Å². The first-order valence-corrected chi connectivity index (χ1v) is 7.24. The SMILES string of the molecule is Cc1ccc(C(=O)OCC(=O)Nc2ccc(F)cc2Cl)cc1C. The quantitative estimate of drug-likeness (QED) is 0.862. The molecule has 2 rings (SSSR count). The van der Waals surface area contributed by atoms with E-state index in [1.54, 1.807) is 12.1 Å². The molecular formula is C17H15ClFNO3. The summed E-state index contributed by atoms with van der Waals surface area (Å²) in [6.45, 7) is 3.36. The molecule has 0 atom stereocenters. The first-order valence-electron chi connectivity index (χ1n) is 6.86. The van der Waals surface area contributed by atoms with Crippen LogP contribution in [0.4, 0.5) is 10.1 Å². The fraction of sp³-hybridized carbons (Fsp3) is 0.176. The Hall–Kier alpha value is -2.40. The summed E-state index contributed by atoms with van der Waals surface area (Å²) in [4.78, 5) is 23.7. The number of anilines is 1. The van der Waals surface area contributed by atoms with E-state index >= 15 is 0 Å². The Bertz CT molecular complexity index is 761. The molecular weight excluding hydrogens is 321 g/mol. The lowest BCUT2D eigenvalue weighted by Gasteiger charge is -2.09. The highest BCUT2D eigenvalue weighted by Crippen LogP contribution is 2.22. The van der Waals surface area contributed by atoms with Gasteiger partial charge in [0, 0.05) is 0 Å². The van der Waals surface area contributed by atoms with Crippen molar-refractivity contribution in [2.75, 3.05) is 11.9 Å². The number of aryl methyl sites for hydroxylation is 2. The third-order valence-electron chi connectivity index (χ3n) is 3.28. The van der Waals surface area contributed by atoms with Crippen LogP contribution in [0.5, 0.6) is 0 Å². The van der Waals surface area contributed by atoms with Crippen molar-refractivity contribution in [1.82, 2.24) is 0 Å². The smallest absolute Gasteiger partial charge is 0.338 e. The summed E-state index contributed by atoms with van der Waals surface area (Å²) in [7, 11) is 0. The number of hydrogen-bond acceptors (Lipinski definition) is 3. The van der Waals surface area contributed by atoms with Gasteiger partial charge in [-0.2, -0.15) is 0 Å². The number of esters is 1. The number of carbonyl (C=O) groups excluding carboxylic acids is 2. The molecule has 1 amide bonds. The molecule has 0 saturated heterocycles. The Labute approximate surface area is 138 Å². The van der Waals surface area contributed by atoms with E-state index in [0.29, 0.717) is 5.56 Å². The van der Waals surface area contributed by atoms with Gasteiger partial charge in [0.1, 0.15) is 5.82 Å². The van der Waals surface area contributed by atoms with E-state index in [9.17, 15) is 14.0 Å². The van der Waals surface area contributed by atoms with Gasteiger partial charge in [-0.25, -0.2) is 9.18 Å². The van der Waals surface area contributed by atoms with Gasteiger partial charge < -0.3 is 10.1 Å². The van der Waals surface area contributed by atoms with Crippen molar-refractivity contribution >= 4 is 29.2 Å². The van der Waals surface area contributed by atoms with E-state index in [4.69, 9.17) is 16.3 Å². The van der Waals surface area contributed by atoms with Crippen LogP contribution in [0.25, 0.3) is 0 Å². The van der Waals surface area contributed by atoms with Crippen LogP contribution < -0.4 is 5.32 Å². The Morgan fingerprint density at radius 1 is 1.13 bits per heavy atom. The first kappa shape index (κ1) is 17.0. The van der Waals surface area contributed by atoms with Crippen LogP contribution in [0.1, 0.15) is 21.5 Å². The molecule has 120 valence electrons. The molecule has 0 aliphatic heterocycles. The predicted molar refractivity (Wildman–Crippen MR) is 86.2 cm³/mol. The molecule has 0 bridgehead atoms. The molecule has 0 spiro atoms. The van der Waals surface area contributed by atoms with Crippen LogP contribution in [0.15, 0.2) is 36.4 Å². The van der Waals surface area contributed by atoms with Gasteiger partial charge in [-0.15, -0.1) is 0 Å². The second kappa shape index (κ2) is 7.24. The van der Waals surface area contributed by atoms with Gasteiger partial charge in [0.2, 0.25) is 0 Å². The molecule has 0 saturated carbocycles. The average Bonchev–Trinajstić information content (AvgIpc) is 2.50. The number of nitrogens with one attached hydrogen (secondary N) is 1. The van der Waals surface area contributed by atoms with E-state index in [-0.39, 0.29) is 10.7 Å². The van der Waals surface area contributed by atoms with Gasteiger partial charge in [-0.05, 0) is 55.3 Å². The molecule has 2 aromatic carbocycles. The van der Waals surface area contributed by atoms with Crippen molar-refractivity contribution in [3.63, 3.8) is 0 Å². The normalized spacial score (nSPS) is 10.3. The Morgan fingerprint density at radius 2 is 1.87 bits per heavy atom. The number of ether oxygens (including phenoxy) is 1. The summed E-state index contributed by atoms with van der Waals surface area (Å²) in [6, 6.07) is 8.73. The molecule has 6 heteroatoms. The van der Waals surface area contributed by atoms with Crippen molar-refractivity contribution in [2.24, 2.45) is 0 Å². The third-order valence-corrected chi connectivity index (χ3v) is 3.59. The highest BCUT2D eigenvalue weighted by Gasteiger charge is 2.12. The number of benzene rings is 2. The van der Waals surface area contributed by atoms with Crippen LogP contribution >= 0.6 is 11.6 Å². The van der Waals surface area contributed by atoms with Crippen LogP contribution in [0.2, 0.25) is 5.02 Å². The van der Waals surface area contributed by atoms with E-state index < -0.39 is 24.3 Å². The maximum atomic E-state index is 12.9. The fourth-order valence-electron chi connectivity index (χ4n) is 1.86. The topological polar surface area (TPSA) is 55.4 Å². The highest BCUT2D eigenvalue weighted by molar-refractivity contribution is 6.33. The fourth-order valence-corrected chi connectivity index (χ4v) is 2.07. The molecule has 0 fully saturated rings. The summed E-state index contributed by atoms with van der Waals surface area (Å²) in [5.74, 6) is -1.65. The third kappa shape index (κ3) is 4.53. The lowest BCUT2D eigenvalue weighted by atomic mass is 10.1. The van der Waals surface area contributed by atoms with E-state index in [2.05, 4.69) is 5.32 Å². The number of rotatable bonds is 4. The van der Waals surface area contributed by atoms with E-state index in [0.717, 1.165) is 17.2 Å². The number of hydrogen-bond donors (Lipinski definition) is 1. The lowest BCUT2D eigenvalue weighted by molar-refractivity contribution is -0.119. The second-order valence-corrected chi connectivity index (χ2v) is 5.45. The lowest BCUT2D eigenvalue weighted by Crippen LogP contribution is -2.21. The van der Waals surface area contributed by atoms with Crippen molar-refractivity contribution in [3.05, 3.63) is 63.9 Å². The van der Waals surface area contributed by atoms with Gasteiger partial charge in [0.05, 0.1) is 16.3 Å². The molecule has 2 aromatic rings. The maximum absolute atomic E-state index is 12.9. The molecule has 23 heavy (non-hydrogen) atoms. The Kier molecular flexibility index (Phi) is 5.34. The zero-order chi connectivity index (χ0) is 17.0. The van der Waals surface area contributed by atoms with Crippen molar-refractivity contribution in [2.45, 2.75) is 13.8 Å². The maximum Gasteiger partial charge on any atom is 0.338 e. The van der Waals surface area contributed by atoms with Gasteiger partial charge in [0.25, 0.3) is 5.91 Å². The summed E-state index contributed by atoms with van der Waals surface area (Å²) in [6.07, 6.45) is 0. The Morgan fingerprint density at radius 3 is 2.52 bits per heavy atom. The van der Waals surface area contributed by atoms with Crippen molar-refractivity contribution < 1.29 is 18.7 Å². The van der Waals surface area contributed by atoms with Gasteiger partial charge in [-0.3, -0.25) is 4.79 Å². The zero-order valence-corrected chi connectivity index (χ0v) is 13.4. The van der Waals surface area contributed by atoms with Gasteiger partial charge in [0.15, 0.2) is 6.61 Å². The first-order chi connectivity index (χ1) is 10.9. The van der Waals surface area contributed by atoms with Gasteiger partial charge >= 0.3 is 5.97 Å². The van der Waals surface area contributed by atoms with Crippen LogP contribution in [0, 0.1) is 19.7 Å². The molecule has 0 aromatic heterocycles. The molecule has 0 aliphatic carbocycles.